The molecule has 1 heterocycles. The third-order valence-electron chi connectivity index (χ3n) is 2.02. The maximum Gasteiger partial charge on any atom is 0.0935 e. The van der Waals surface area contributed by atoms with Gasteiger partial charge in [-0.25, -0.2) is 0 Å². The summed E-state index contributed by atoms with van der Waals surface area (Å²) in [6, 6.07) is 0. The summed E-state index contributed by atoms with van der Waals surface area (Å²) in [6.07, 6.45) is 14.8. The summed E-state index contributed by atoms with van der Waals surface area (Å²) in [6.45, 7) is 4.80. The summed E-state index contributed by atoms with van der Waals surface area (Å²) >= 11 is 0. The van der Waals surface area contributed by atoms with Gasteiger partial charge in [0.1, 0.15) is 0 Å². The minimum absolute atomic E-state index is 0.809. The van der Waals surface area contributed by atoms with Crippen LogP contribution in [0, 0.1) is 0 Å². The van der Waals surface area contributed by atoms with Crippen LogP contribution >= 0.6 is 0 Å². The van der Waals surface area contributed by atoms with Crippen molar-refractivity contribution < 1.29 is 0 Å². The van der Waals surface area contributed by atoms with Crippen LogP contribution in [0.4, 0.5) is 0 Å². The summed E-state index contributed by atoms with van der Waals surface area (Å²) < 4.78 is 0. The van der Waals surface area contributed by atoms with Crippen molar-refractivity contribution in [2.75, 3.05) is 20.6 Å². The molecule has 3 nitrogen and oxygen atoms in total. The first kappa shape index (κ1) is 12.3. The Morgan fingerprint density at radius 2 is 2.25 bits per heavy atom. The fraction of sp³-hybridized carbons (Fsp3) is 0.308. The molecule has 0 atom stereocenters. The number of hydrogen-bond donors (Lipinski definition) is 0. The molecule has 0 saturated carbocycles. The van der Waals surface area contributed by atoms with Crippen LogP contribution in [0.25, 0.3) is 0 Å². The molecule has 0 amide bonds. The Balaban J connectivity index is 2.77. The highest BCUT2D eigenvalue weighted by atomic mass is 15.2. The molecule has 0 fully saturated rings. The van der Waals surface area contributed by atoms with Gasteiger partial charge < -0.3 is 9.80 Å². The summed E-state index contributed by atoms with van der Waals surface area (Å²) in [5.41, 5.74) is 0.897. The predicted octanol–water partition coefficient (Wildman–Crippen LogP) is 2.38. The van der Waals surface area contributed by atoms with Gasteiger partial charge in [0.25, 0.3) is 0 Å². The molecule has 16 heavy (non-hydrogen) atoms. The molecule has 86 valence electrons. The molecule has 0 aromatic carbocycles. The zero-order valence-corrected chi connectivity index (χ0v) is 10.0. The SMILES string of the molecule is C=C1/C=C\C=C/CCN=CN1/C=C\N(C)C. The molecule has 0 aromatic heterocycles. The number of rotatable bonds is 2. The van der Waals surface area contributed by atoms with Gasteiger partial charge in [0.15, 0.2) is 0 Å². The molecular weight excluding hydrogens is 198 g/mol. The topological polar surface area (TPSA) is 18.8 Å². The second-order valence-corrected chi connectivity index (χ2v) is 3.76. The molecule has 3 heteroatoms. The molecule has 0 saturated heterocycles. The van der Waals surface area contributed by atoms with Crippen molar-refractivity contribution in [1.82, 2.24) is 9.80 Å². The van der Waals surface area contributed by atoms with E-state index in [-0.39, 0.29) is 0 Å². The fourth-order valence-corrected chi connectivity index (χ4v) is 1.14. The largest absolute Gasteiger partial charge is 0.382 e. The number of allylic oxidation sites excluding steroid dienone is 3. The molecule has 0 unspecified atom stereocenters. The Kier molecular flexibility index (Phi) is 5.12. The second-order valence-electron chi connectivity index (χ2n) is 3.76. The number of nitrogens with zero attached hydrogens (tertiary/aromatic N) is 3. The van der Waals surface area contributed by atoms with E-state index in [1.165, 1.54) is 0 Å². The average molecular weight is 217 g/mol. The van der Waals surface area contributed by atoms with Crippen molar-refractivity contribution in [3.05, 3.63) is 49.0 Å². The lowest BCUT2D eigenvalue weighted by molar-refractivity contribution is 0.549. The normalized spacial score (nSPS) is 21.1. The first-order valence-electron chi connectivity index (χ1n) is 5.35. The van der Waals surface area contributed by atoms with E-state index in [0.717, 1.165) is 18.7 Å². The quantitative estimate of drug-likeness (QED) is 0.707. The Labute approximate surface area is 97.8 Å². The van der Waals surface area contributed by atoms with Crippen molar-refractivity contribution in [3.63, 3.8) is 0 Å². The van der Waals surface area contributed by atoms with Crippen LogP contribution in [0.1, 0.15) is 6.42 Å². The van der Waals surface area contributed by atoms with E-state index in [4.69, 9.17) is 0 Å². The monoisotopic (exact) mass is 217 g/mol. The second kappa shape index (κ2) is 6.67. The zero-order chi connectivity index (χ0) is 11.8. The average Bonchev–Trinajstić information content (AvgIpc) is 2.25. The third-order valence-corrected chi connectivity index (χ3v) is 2.02. The molecule has 0 aliphatic carbocycles. The molecule has 1 aliphatic heterocycles. The van der Waals surface area contributed by atoms with E-state index in [9.17, 15) is 0 Å². The van der Waals surface area contributed by atoms with Crippen LogP contribution in [0.2, 0.25) is 0 Å². The standard InChI is InChI=1S/C13H19N3/c1-13-8-6-4-5-7-9-14-12-16(13)11-10-15(2)3/h4-6,8,10-12H,1,7,9H2,2-3H3/b5-4-,8-6-,11-10-,14-12?. The first-order chi connectivity index (χ1) is 7.70. The Morgan fingerprint density at radius 3 is 3.00 bits per heavy atom. The van der Waals surface area contributed by atoms with Gasteiger partial charge in [-0.05, 0) is 12.5 Å². The molecule has 0 aromatic rings. The van der Waals surface area contributed by atoms with Crippen LogP contribution in [0.5, 0.6) is 0 Å². The molecule has 0 bridgehead atoms. The summed E-state index contributed by atoms with van der Waals surface area (Å²) in [7, 11) is 3.96. The Bertz CT molecular complexity index is 335. The van der Waals surface area contributed by atoms with Crippen LogP contribution in [-0.2, 0) is 0 Å². The van der Waals surface area contributed by atoms with Crippen LogP contribution in [0.3, 0.4) is 0 Å². The van der Waals surface area contributed by atoms with Gasteiger partial charge in [0, 0.05) is 38.7 Å². The van der Waals surface area contributed by atoms with Gasteiger partial charge in [0.05, 0.1) is 6.34 Å². The van der Waals surface area contributed by atoms with Crippen LogP contribution in [-0.4, -0.2) is 36.8 Å². The lowest BCUT2D eigenvalue weighted by Gasteiger charge is -2.16. The van der Waals surface area contributed by atoms with E-state index >= 15 is 0 Å². The van der Waals surface area contributed by atoms with Gasteiger partial charge in [0.2, 0.25) is 0 Å². The van der Waals surface area contributed by atoms with E-state index < -0.39 is 0 Å². The molecule has 0 N–H and O–H groups in total. The van der Waals surface area contributed by atoms with Crippen LogP contribution < -0.4 is 0 Å². The van der Waals surface area contributed by atoms with Crippen molar-refractivity contribution >= 4 is 6.34 Å². The highest BCUT2D eigenvalue weighted by Gasteiger charge is 1.97. The minimum Gasteiger partial charge on any atom is -0.382 e. The summed E-state index contributed by atoms with van der Waals surface area (Å²) in [5.74, 6) is 0. The summed E-state index contributed by atoms with van der Waals surface area (Å²) in [5, 5.41) is 0. The van der Waals surface area contributed by atoms with Crippen LogP contribution in [0.15, 0.2) is 54.0 Å². The molecule has 1 rings (SSSR count). The van der Waals surface area contributed by atoms with Gasteiger partial charge in [-0.3, -0.25) is 4.99 Å². The van der Waals surface area contributed by atoms with E-state index in [1.807, 2.05) is 60.9 Å². The van der Waals surface area contributed by atoms with Gasteiger partial charge >= 0.3 is 0 Å². The Morgan fingerprint density at radius 1 is 1.44 bits per heavy atom. The lowest BCUT2D eigenvalue weighted by Crippen LogP contribution is -2.14. The van der Waals surface area contributed by atoms with E-state index in [0.29, 0.717) is 0 Å². The predicted molar refractivity (Wildman–Crippen MR) is 70.1 cm³/mol. The van der Waals surface area contributed by atoms with Gasteiger partial charge in [-0.15, -0.1) is 0 Å². The number of hydrogen-bond acceptors (Lipinski definition) is 3. The highest BCUT2D eigenvalue weighted by molar-refractivity contribution is 5.60. The van der Waals surface area contributed by atoms with Crippen molar-refractivity contribution in [1.29, 1.82) is 0 Å². The molecule has 0 radical (unpaired) electrons. The Hall–Kier alpha value is -1.77. The van der Waals surface area contributed by atoms with Gasteiger partial charge in [-0.2, -0.15) is 0 Å². The smallest absolute Gasteiger partial charge is 0.0935 e. The zero-order valence-electron chi connectivity index (χ0n) is 10.0. The maximum atomic E-state index is 4.33. The third kappa shape index (κ3) is 4.64. The lowest BCUT2D eigenvalue weighted by atomic mass is 10.3. The molecular formula is C13H19N3. The van der Waals surface area contributed by atoms with E-state index in [2.05, 4.69) is 17.6 Å². The van der Waals surface area contributed by atoms with E-state index in [1.54, 1.807) is 0 Å². The first-order valence-corrected chi connectivity index (χ1v) is 5.35. The number of aliphatic imine (C=N–C) groups is 1. The van der Waals surface area contributed by atoms with Crippen molar-refractivity contribution in [2.45, 2.75) is 6.42 Å². The van der Waals surface area contributed by atoms with Gasteiger partial charge in [-0.1, -0.05) is 24.8 Å². The van der Waals surface area contributed by atoms with Crippen molar-refractivity contribution in [2.24, 2.45) is 4.99 Å². The molecule has 1 aliphatic rings. The fourth-order valence-electron chi connectivity index (χ4n) is 1.14. The minimum atomic E-state index is 0.809. The maximum absolute atomic E-state index is 4.33. The van der Waals surface area contributed by atoms with Crippen molar-refractivity contribution in [3.8, 4) is 0 Å². The summed E-state index contributed by atoms with van der Waals surface area (Å²) in [4.78, 5) is 8.22. The molecule has 0 spiro atoms. The highest BCUT2D eigenvalue weighted by Crippen LogP contribution is 2.04.